The fourth-order valence-electron chi connectivity index (χ4n) is 0.599. The molecular formula is C7H15O3. The molecule has 1 unspecified atom stereocenters. The van der Waals surface area contributed by atoms with E-state index in [9.17, 15) is 0 Å². The van der Waals surface area contributed by atoms with Gasteiger partial charge in [-0.15, -0.1) is 0 Å². The summed E-state index contributed by atoms with van der Waals surface area (Å²) in [4.78, 5) is 0. The first-order chi connectivity index (χ1) is 4.72. The maximum absolute atomic E-state index is 8.91. The Bertz CT molecular complexity index is 67.3. The predicted molar refractivity (Wildman–Crippen MR) is 38.4 cm³/mol. The van der Waals surface area contributed by atoms with E-state index in [0.717, 1.165) is 0 Å². The van der Waals surface area contributed by atoms with E-state index >= 15 is 0 Å². The Morgan fingerprint density at radius 2 is 1.70 bits per heavy atom. The number of ether oxygens (including phenoxy) is 2. The molecule has 10 heavy (non-hydrogen) atoms. The number of hydrogen-bond acceptors (Lipinski definition) is 3. The molecule has 0 saturated carbocycles. The summed E-state index contributed by atoms with van der Waals surface area (Å²) in [6.07, 6.45) is -1.38. The Morgan fingerprint density at radius 3 is 1.90 bits per heavy atom. The molecule has 3 heteroatoms. The van der Waals surface area contributed by atoms with Gasteiger partial charge in [-0.1, -0.05) is 0 Å². The van der Waals surface area contributed by atoms with Crippen LogP contribution in [0.3, 0.4) is 0 Å². The molecule has 0 rings (SSSR count). The van der Waals surface area contributed by atoms with Crippen LogP contribution in [0, 0.1) is 6.92 Å². The average Bonchev–Trinajstić information content (AvgIpc) is 1.87. The number of aliphatic hydroxyl groups is 1. The van der Waals surface area contributed by atoms with Gasteiger partial charge in [-0.2, -0.15) is 0 Å². The normalized spacial score (nSPS) is 14.1. The fraction of sp³-hybridized carbons (Fsp3) is 0.857. The molecule has 61 valence electrons. The van der Waals surface area contributed by atoms with Crippen molar-refractivity contribution in [3.63, 3.8) is 0 Å². The summed E-state index contributed by atoms with van der Waals surface area (Å²) in [6.45, 7) is 8.12. The average molecular weight is 147 g/mol. The SMILES string of the molecule is [CH2]C(O)C(OCC)OCC. The van der Waals surface area contributed by atoms with Crippen LogP contribution in [-0.4, -0.2) is 30.7 Å². The number of rotatable bonds is 5. The second-order valence-electron chi connectivity index (χ2n) is 1.85. The van der Waals surface area contributed by atoms with Crippen LogP contribution in [0.4, 0.5) is 0 Å². The van der Waals surface area contributed by atoms with Crippen molar-refractivity contribution in [2.45, 2.75) is 26.2 Å². The van der Waals surface area contributed by atoms with E-state index < -0.39 is 12.4 Å². The number of hydrogen-bond donors (Lipinski definition) is 1. The molecule has 0 spiro atoms. The summed E-state index contributed by atoms with van der Waals surface area (Å²) >= 11 is 0. The maximum atomic E-state index is 8.91. The zero-order valence-electron chi connectivity index (χ0n) is 6.54. The first kappa shape index (κ1) is 9.88. The number of aliphatic hydroxyl groups excluding tert-OH is 1. The third-order valence-electron chi connectivity index (χ3n) is 0.976. The Hall–Kier alpha value is -0.120. The lowest BCUT2D eigenvalue weighted by Gasteiger charge is -2.18. The lowest BCUT2D eigenvalue weighted by Crippen LogP contribution is -2.29. The molecule has 0 aromatic rings. The highest BCUT2D eigenvalue weighted by Gasteiger charge is 2.13. The second kappa shape index (κ2) is 5.65. The van der Waals surface area contributed by atoms with E-state index in [1.54, 1.807) is 0 Å². The molecule has 1 atom stereocenters. The minimum Gasteiger partial charge on any atom is -0.388 e. The highest BCUT2D eigenvalue weighted by atomic mass is 16.7. The smallest absolute Gasteiger partial charge is 0.183 e. The molecule has 0 bridgehead atoms. The Balaban J connectivity index is 3.50. The van der Waals surface area contributed by atoms with Gasteiger partial charge in [0, 0.05) is 13.2 Å². The van der Waals surface area contributed by atoms with Gasteiger partial charge in [-0.25, -0.2) is 0 Å². The first-order valence-electron chi connectivity index (χ1n) is 3.46. The quantitative estimate of drug-likeness (QED) is 0.578. The van der Waals surface area contributed by atoms with Crippen molar-refractivity contribution in [3.8, 4) is 0 Å². The second-order valence-corrected chi connectivity index (χ2v) is 1.85. The van der Waals surface area contributed by atoms with Gasteiger partial charge in [0.15, 0.2) is 6.29 Å². The van der Waals surface area contributed by atoms with Crippen molar-refractivity contribution in [3.05, 3.63) is 6.92 Å². The zero-order valence-corrected chi connectivity index (χ0v) is 6.54. The van der Waals surface area contributed by atoms with Crippen molar-refractivity contribution < 1.29 is 14.6 Å². The molecule has 1 N–H and O–H groups in total. The third-order valence-corrected chi connectivity index (χ3v) is 0.976. The van der Waals surface area contributed by atoms with Crippen molar-refractivity contribution in [2.24, 2.45) is 0 Å². The van der Waals surface area contributed by atoms with Gasteiger partial charge in [0.05, 0.1) is 0 Å². The Kier molecular flexibility index (Phi) is 5.58. The van der Waals surface area contributed by atoms with E-state index in [0.29, 0.717) is 13.2 Å². The molecular weight excluding hydrogens is 132 g/mol. The van der Waals surface area contributed by atoms with Crippen LogP contribution in [0.25, 0.3) is 0 Å². The standard InChI is InChI=1S/C7H15O3/c1-4-9-7(6(3)8)10-5-2/h6-8H,3-5H2,1-2H3. The van der Waals surface area contributed by atoms with Gasteiger partial charge in [0.2, 0.25) is 0 Å². The van der Waals surface area contributed by atoms with Crippen molar-refractivity contribution in [1.82, 2.24) is 0 Å². The molecule has 0 aliphatic rings. The molecule has 0 fully saturated rings. The van der Waals surface area contributed by atoms with Crippen LogP contribution in [0.5, 0.6) is 0 Å². The highest BCUT2D eigenvalue weighted by Crippen LogP contribution is 1.99. The molecule has 0 aliphatic heterocycles. The van der Waals surface area contributed by atoms with E-state index in [-0.39, 0.29) is 0 Å². The van der Waals surface area contributed by atoms with Gasteiger partial charge in [0.25, 0.3) is 0 Å². The highest BCUT2D eigenvalue weighted by molar-refractivity contribution is 4.60. The van der Waals surface area contributed by atoms with Crippen LogP contribution in [0.2, 0.25) is 0 Å². The molecule has 0 amide bonds. The monoisotopic (exact) mass is 147 g/mol. The Labute approximate surface area is 62.0 Å². The predicted octanol–water partition coefficient (Wildman–Crippen LogP) is 0.580. The molecule has 0 aromatic carbocycles. The fourth-order valence-corrected chi connectivity index (χ4v) is 0.599. The summed E-state index contributed by atoms with van der Waals surface area (Å²) < 4.78 is 10.0. The van der Waals surface area contributed by atoms with Gasteiger partial charge in [0.1, 0.15) is 6.10 Å². The van der Waals surface area contributed by atoms with Crippen LogP contribution in [0.15, 0.2) is 0 Å². The minimum atomic E-state index is -0.806. The summed E-state index contributed by atoms with van der Waals surface area (Å²) in [5.74, 6) is 0. The lowest BCUT2D eigenvalue weighted by atomic mass is 10.4. The van der Waals surface area contributed by atoms with Gasteiger partial charge < -0.3 is 14.6 Å². The summed E-state index contributed by atoms with van der Waals surface area (Å²) in [7, 11) is 0. The Morgan fingerprint density at radius 1 is 1.30 bits per heavy atom. The van der Waals surface area contributed by atoms with E-state index in [1.807, 2.05) is 13.8 Å². The van der Waals surface area contributed by atoms with E-state index in [4.69, 9.17) is 14.6 Å². The molecule has 0 aliphatic carbocycles. The summed E-state index contributed by atoms with van der Waals surface area (Å²) in [5, 5.41) is 8.91. The van der Waals surface area contributed by atoms with Gasteiger partial charge in [-0.05, 0) is 20.8 Å². The molecule has 0 aromatic heterocycles. The van der Waals surface area contributed by atoms with Gasteiger partial charge in [-0.3, -0.25) is 0 Å². The topological polar surface area (TPSA) is 38.7 Å². The largest absolute Gasteiger partial charge is 0.388 e. The third kappa shape index (κ3) is 3.82. The maximum Gasteiger partial charge on any atom is 0.183 e. The van der Waals surface area contributed by atoms with Crippen molar-refractivity contribution >= 4 is 0 Å². The molecule has 1 radical (unpaired) electrons. The summed E-state index contributed by atoms with van der Waals surface area (Å²) in [5.41, 5.74) is 0. The van der Waals surface area contributed by atoms with Crippen molar-refractivity contribution in [2.75, 3.05) is 13.2 Å². The summed E-state index contributed by atoms with van der Waals surface area (Å²) in [6, 6.07) is 0. The van der Waals surface area contributed by atoms with Gasteiger partial charge >= 0.3 is 0 Å². The van der Waals surface area contributed by atoms with E-state index in [1.165, 1.54) is 0 Å². The molecule has 3 nitrogen and oxygen atoms in total. The molecule has 0 heterocycles. The van der Waals surface area contributed by atoms with Crippen LogP contribution < -0.4 is 0 Å². The minimum absolute atomic E-state index is 0.525. The molecule has 0 saturated heterocycles. The van der Waals surface area contributed by atoms with Crippen molar-refractivity contribution in [1.29, 1.82) is 0 Å². The van der Waals surface area contributed by atoms with Crippen LogP contribution in [0.1, 0.15) is 13.8 Å². The van der Waals surface area contributed by atoms with Crippen LogP contribution >= 0.6 is 0 Å². The lowest BCUT2D eigenvalue weighted by molar-refractivity contribution is -0.178. The van der Waals surface area contributed by atoms with E-state index in [2.05, 4.69) is 6.92 Å². The first-order valence-corrected chi connectivity index (χ1v) is 3.46. The zero-order chi connectivity index (χ0) is 7.98. The van der Waals surface area contributed by atoms with Crippen LogP contribution in [-0.2, 0) is 9.47 Å².